The molecule has 2 unspecified atom stereocenters. The number of hydrogen-bond acceptors (Lipinski definition) is 3. The fraction of sp³-hybridized carbons (Fsp3) is 0.900. The van der Waals surface area contributed by atoms with E-state index >= 15 is 0 Å². The maximum absolute atomic E-state index is 8.87. The molecule has 0 amide bonds. The second-order valence-corrected chi connectivity index (χ2v) is 3.80. The van der Waals surface area contributed by atoms with Crippen molar-refractivity contribution in [2.75, 3.05) is 6.61 Å². The molecule has 0 aromatic carbocycles. The molecule has 0 radical (unpaired) electrons. The predicted octanol–water partition coefficient (Wildman–Crippen LogP) is 1.43. The maximum Gasteiger partial charge on any atom is 0.0638 e. The molecule has 0 aliphatic carbocycles. The number of hydrogen-bond donors (Lipinski definition) is 2. The molecule has 0 saturated carbocycles. The lowest BCUT2D eigenvalue weighted by Crippen LogP contribution is -2.47. The van der Waals surface area contributed by atoms with E-state index in [9.17, 15) is 0 Å². The fourth-order valence-electron chi connectivity index (χ4n) is 1.38. The first-order chi connectivity index (χ1) is 6.08. The Balaban J connectivity index is 4.03. The molecule has 0 spiro atoms. The van der Waals surface area contributed by atoms with E-state index in [0.717, 1.165) is 12.8 Å². The van der Waals surface area contributed by atoms with Crippen molar-refractivity contribution in [3.63, 3.8) is 0 Å². The third-order valence-electron chi connectivity index (χ3n) is 2.44. The van der Waals surface area contributed by atoms with Gasteiger partial charge in [-0.05, 0) is 26.7 Å². The molecule has 0 aromatic heterocycles. The zero-order chi connectivity index (χ0) is 10.3. The highest BCUT2D eigenvalue weighted by Crippen LogP contribution is 2.15. The molecule has 3 nitrogen and oxygen atoms in total. The van der Waals surface area contributed by atoms with E-state index in [0.29, 0.717) is 6.42 Å². The van der Waals surface area contributed by atoms with Gasteiger partial charge < -0.3 is 10.4 Å². The molecule has 0 aromatic rings. The van der Waals surface area contributed by atoms with Gasteiger partial charge in [-0.3, -0.25) is 0 Å². The summed E-state index contributed by atoms with van der Waals surface area (Å²) in [6.45, 7) is 6.35. The topological polar surface area (TPSA) is 56.0 Å². The average molecular weight is 184 g/mol. The third-order valence-corrected chi connectivity index (χ3v) is 2.44. The number of aliphatic hydroxyl groups is 1. The zero-order valence-corrected chi connectivity index (χ0v) is 8.80. The van der Waals surface area contributed by atoms with Gasteiger partial charge in [0.25, 0.3) is 0 Å². The Morgan fingerprint density at radius 3 is 2.62 bits per heavy atom. The molecule has 2 atom stereocenters. The molecule has 3 heteroatoms. The molecular weight excluding hydrogens is 164 g/mol. The molecule has 0 aliphatic heterocycles. The van der Waals surface area contributed by atoms with Crippen molar-refractivity contribution in [1.29, 1.82) is 5.26 Å². The van der Waals surface area contributed by atoms with Gasteiger partial charge >= 0.3 is 0 Å². The molecule has 76 valence electrons. The van der Waals surface area contributed by atoms with Gasteiger partial charge in [-0.2, -0.15) is 5.26 Å². The summed E-state index contributed by atoms with van der Waals surface area (Å²) in [7, 11) is 0. The molecule has 2 N–H and O–H groups in total. The summed E-state index contributed by atoms with van der Waals surface area (Å²) >= 11 is 0. The van der Waals surface area contributed by atoms with E-state index < -0.39 is 0 Å². The monoisotopic (exact) mass is 184 g/mol. The number of rotatable bonds is 6. The van der Waals surface area contributed by atoms with Gasteiger partial charge in [0.05, 0.1) is 12.5 Å². The minimum atomic E-state index is -0.0367. The van der Waals surface area contributed by atoms with E-state index in [1.165, 1.54) is 0 Å². The van der Waals surface area contributed by atoms with Gasteiger partial charge in [0.1, 0.15) is 0 Å². The standard InChI is InChI=1S/C10H20N2O/c1-4-10(3,6-8-13)12-9(2)5-7-11/h9,12-13H,4-6,8H2,1-3H3. The first-order valence-electron chi connectivity index (χ1n) is 4.83. The Morgan fingerprint density at radius 2 is 2.23 bits per heavy atom. The molecule has 13 heavy (non-hydrogen) atoms. The van der Waals surface area contributed by atoms with Crippen LogP contribution in [0.2, 0.25) is 0 Å². The normalized spacial score (nSPS) is 17.5. The summed E-state index contributed by atoms with van der Waals surface area (Å²) in [5.74, 6) is 0. The quantitative estimate of drug-likeness (QED) is 0.656. The van der Waals surface area contributed by atoms with Crippen LogP contribution >= 0.6 is 0 Å². The summed E-state index contributed by atoms with van der Waals surface area (Å²) in [5.41, 5.74) is -0.0367. The zero-order valence-electron chi connectivity index (χ0n) is 8.80. The van der Waals surface area contributed by atoms with Gasteiger partial charge in [-0.25, -0.2) is 0 Å². The van der Waals surface area contributed by atoms with Crippen molar-refractivity contribution in [2.45, 2.75) is 51.6 Å². The van der Waals surface area contributed by atoms with E-state index in [1.807, 2.05) is 6.92 Å². The Morgan fingerprint density at radius 1 is 1.62 bits per heavy atom. The lowest BCUT2D eigenvalue weighted by Gasteiger charge is -2.32. The van der Waals surface area contributed by atoms with Gasteiger partial charge in [-0.1, -0.05) is 6.92 Å². The lowest BCUT2D eigenvalue weighted by molar-refractivity contribution is 0.205. The Hall–Kier alpha value is -0.590. The van der Waals surface area contributed by atoms with Gasteiger partial charge in [0.2, 0.25) is 0 Å². The number of aliphatic hydroxyl groups excluding tert-OH is 1. The predicted molar refractivity (Wildman–Crippen MR) is 53.2 cm³/mol. The van der Waals surface area contributed by atoms with Crippen molar-refractivity contribution < 1.29 is 5.11 Å². The second-order valence-electron chi connectivity index (χ2n) is 3.80. The van der Waals surface area contributed by atoms with Crippen LogP contribution in [0.5, 0.6) is 0 Å². The van der Waals surface area contributed by atoms with Crippen LogP contribution in [-0.2, 0) is 0 Å². The van der Waals surface area contributed by atoms with Crippen LogP contribution in [0.25, 0.3) is 0 Å². The Bertz CT molecular complexity index is 176. The summed E-state index contributed by atoms with van der Waals surface area (Å²) in [6.07, 6.45) is 2.21. The van der Waals surface area contributed by atoms with Crippen LogP contribution in [0.15, 0.2) is 0 Å². The lowest BCUT2D eigenvalue weighted by atomic mass is 9.93. The van der Waals surface area contributed by atoms with E-state index in [4.69, 9.17) is 10.4 Å². The molecule has 0 heterocycles. The number of nitrogens with zero attached hydrogens (tertiary/aromatic N) is 1. The van der Waals surface area contributed by atoms with E-state index in [2.05, 4.69) is 25.2 Å². The number of nitrogens with one attached hydrogen (secondary N) is 1. The smallest absolute Gasteiger partial charge is 0.0638 e. The highest BCUT2D eigenvalue weighted by molar-refractivity contribution is 4.87. The Kier molecular flexibility index (Phi) is 5.68. The summed E-state index contributed by atoms with van der Waals surface area (Å²) in [5, 5.41) is 20.7. The number of nitriles is 1. The SMILES string of the molecule is CCC(C)(CCO)NC(C)CC#N. The summed E-state index contributed by atoms with van der Waals surface area (Å²) in [4.78, 5) is 0. The average Bonchev–Trinajstić information content (AvgIpc) is 2.05. The van der Waals surface area contributed by atoms with Crippen LogP contribution in [0, 0.1) is 11.3 Å². The minimum absolute atomic E-state index is 0.0367. The van der Waals surface area contributed by atoms with Crippen LogP contribution in [0.4, 0.5) is 0 Å². The van der Waals surface area contributed by atoms with Crippen molar-refractivity contribution >= 4 is 0 Å². The molecule has 0 saturated heterocycles. The second kappa shape index (κ2) is 5.95. The van der Waals surface area contributed by atoms with Crippen LogP contribution in [-0.4, -0.2) is 23.3 Å². The van der Waals surface area contributed by atoms with Crippen molar-refractivity contribution in [3.8, 4) is 6.07 Å². The highest BCUT2D eigenvalue weighted by Gasteiger charge is 2.22. The first kappa shape index (κ1) is 12.4. The highest BCUT2D eigenvalue weighted by atomic mass is 16.3. The molecule has 0 rings (SSSR count). The van der Waals surface area contributed by atoms with Gasteiger partial charge in [0, 0.05) is 18.2 Å². The summed E-state index contributed by atoms with van der Waals surface area (Å²) in [6, 6.07) is 2.33. The molecular formula is C10H20N2O. The van der Waals surface area contributed by atoms with Crippen LogP contribution in [0.1, 0.15) is 40.0 Å². The van der Waals surface area contributed by atoms with Crippen LogP contribution in [0.3, 0.4) is 0 Å². The van der Waals surface area contributed by atoms with E-state index in [1.54, 1.807) is 0 Å². The Labute approximate surface area is 80.8 Å². The van der Waals surface area contributed by atoms with E-state index in [-0.39, 0.29) is 18.2 Å². The summed E-state index contributed by atoms with van der Waals surface area (Å²) < 4.78 is 0. The molecule has 0 bridgehead atoms. The molecule has 0 aliphatic rings. The van der Waals surface area contributed by atoms with Gasteiger partial charge in [-0.15, -0.1) is 0 Å². The fourth-order valence-corrected chi connectivity index (χ4v) is 1.38. The minimum Gasteiger partial charge on any atom is -0.396 e. The first-order valence-corrected chi connectivity index (χ1v) is 4.83. The largest absolute Gasteiger partial charge is 0.396 e. The van der Waals surface area contributed by atoms with Crippen molar-refractivity contribution in [1.82, 2.24) is 5.32 Å². The van der Waals surface area contributed by atoms with Crippen molar-refractivity contribution in [3.05, 3.63) is 0 Å². The van der Waals surface area contributed by atoms with Gasteiger partial charge in [0.15, 0.2) is 0 Å². The maximum atomic E-state index is 8.87. The van der Waals surface area contributed by atoms with Crippen LogP contribution < -0.4 is 5.32 Å². The van der Waals surface area contributed by atoms with Crippen molar-refractivity contribution in [2.24, 2.45) is 0 Å². The third kappa shape index (κ3) is 4.87. The molecule has 0 fully saturated rings.